The fourth-order valence-corrected chi connectivity index (χ4v) is 1.62. The summed E-state index contributed by atoms with van der Waals surface area (Å²) in [6.45, 7) is 1.65. The summed E-state index contributed by atoms with van der Waals surface area (Å²) >= 11 is 1.40. The van der Waals surface area contributed by atoms with Gasteiger partial charge in [0.05, 0.1) is 10.7 Å². The Morgan fingerprint density at radius 2 is 2.20 bits per heavy atom. The van der Waals surface area contributed by atoms with Gasteiger partial charge in [-0.05, 0) is 13.2 Å². The molecule has 1 rings (SSSR count). The fraction of sp³-hybridized carbons (Fsp3) is 0.300. The highest BCUT2D eigenvalue weighted by atomic mass is 32.2. The first kappa shape index (κ1) is 11.7. The van der Waals surface area contributed by atoms with Crippen LogP contribution < -0.4 is 0 Å². The highest BCUT2D eigenvalue weighted by Gasteiger charge is 2.14. The van der Waals surface area contributed by atoms with Gasteiger partial charge in [-0.15, -0.1) is 0 Å². The van der Waals surface area contributed by atoms with Crippen LogP contribution in [0.2, 0.25) is 0 Å². The molecule has 0 heterocycles. The zero-order valence-corrected chi connectivity index (χ0v) is 9.34. The van der Waals surface area contributed by atoms with Crippen molar-refractivity contribution in [3.8, 4) is 0 Å². The average Bonchev–Trinajstić information content (AvgIpc) is 2.18. The second kappa shape index (κ2) is 4.93. The van der Waals surface area contributed by atoms with Gasteiger partial charge < -0.3 is 0 Å². The second-order valence-corrected chi connectivity index (χ2v) is 3.98. The molecule has 15 heavy (non-hydrogen) atoms. The number of thioether (sulfide) groups is 1. The van der Waals surface area contributed by atoms with Gasteiger partial charge in [-0.25, -0.2) is 0 Å². The maximum Gasteiger partial charge on any atom is 0.273 e. The third kappa shape index (κ3) is 2.79. The van der Waals surface area contributed by atoms with Gasteiger partial charge in [0.2, 0.25) is 0 Å². The van der Waals surface area contributed by atoms with Crippen molar-refractivity contribution in [2.45, 2.75) is 6.92 Å². The van der Waals surface area contributed by atoms with Gasteiger partial charge in [0.15, 0.2) is 5.78 Å². The molecule has 0 radical (unpaired) electrons. The Morgan fingerprint density at radius 3 is 2.73 bits per heavy atom. The van der Waals surface area contributed by atoms with Crippen LogP contribution in [0.3, 0.4) is 0 Å². The van der Waals surface area contributed by atoms with Crippen LogP contribution in [0.15, 0.2) is 18.2 Å². The third-order valence-corrected chi connectivity index (χ3v) is 2.55. The van der Waals surface area contributed by atoms with Crippen molar-refractivity contribution in [1.29, 1.82) is 0 Å². The van der Waals surface area contributed by atoms with Gasteiger partial charge in [0.1, 0.15) is 0 Å². The molecular weight excluding hydrogens is 214 g/mol. The van der Waals surface area contributed by atoms with Crippen LogP contribution in [0.5, 0.6) is 0 Å². The van der Waals surface area contributed by atoms with Crippen molar-refractivity contribution in [3.63, 3.8) is 0 Å². The molecular formula is C10H11NO3S. The van der Waals surface area contributed by atoms with Crippen LogP contribution >= 0.6 is 11.8 Å². The van der Waals surface area contributed by atoms with Gasteiger partial charge in [0.25, 0.3) is 5.69 Å². The minimum atomic E-state index is -0.467. The van der Waals surface area contributed by atoms with E-state index in [9.17, 15) is 14.9 Å². The van der Waals surface area contributed by atoms with Gasteiger partial charge >= 0.3 is 0 Å². The summed E-state index contributed by atoms with van der Waals surface area (Å²) in [6.07, 6.45) is 1.82. The molecule has 0 aliphatic rings. The van der Waals surface area contributed by atoms with Crippen LogP contribution in [-0.4, -0.2) is 22.7 Å². The number of Topliss-reactive ketones (excluding diaryl/α,β-unsaturated/α-hetero) is 1. The molecule has 0 saturated heterocycles. The summed E-state index contributed by atoms with van der Waals surface area (Å²) in [6, 6.07) is 4.57. The summed E-state index contributed by atoms with van der Waals surface area (Å²) in [5.41, 5.74) is 0.976. The minimum Gasteiger partial charge on any atom is -0.293 e. The summed E-state index contributed by atoms with van der Waals surface area (Å²) in [4.78, 5) is 21.7. The molecule has 1 aromatic rings. The summed E-state index contributed by atoms with van der Waals surface area (Å²) in [7, 11) is 0. The van der Waals surface area contributed by atoms with Crippen molar-refractivity contribution in [2.24, 2.45) is 0 Å². The Morgan fingerprint density at radius 1 is 1.53 bits per heavy atom. The van der Waals surface area contributed by atoms with Crippen LogP contribution in [0.4, 0.5) is 5.69 Å². The number of rotatable bonds is 4. The highest BCUT2D eigenvalue weighted by Crippen LogP contribution is 2.20. The Hall–Kier alpha value is -1.36. The molecule has 5 heteroatoms. The first-order valence-corrected chi connectivity index (χ1v) is 5.73. The first-order valence-electron chi connectivity index (χ1n) is 4.33. The number of nitro benzene ring substituents is 1. The van der Waals surface area contributed by atoms with E-state index < -0.39 is 4.92 Å². The predicted octanol–water partition coefficient (Wildman–Crippen LogP) is 2.45. The van der Waals surface area contributed by atoms with Crippen molar-refractivity contribution >= 4 is 23.2 Å². The summed E-state index contributed by atoms with van der Waals surface area (Å²) < 4.78 is 0. The van der Waals surface area contributed by atoms with E-state index in [1.165, 1.54) is 17.8 Å². The zero-order chi connectivity index (χ0) is 11.4. The highest BCUT2D eigenvalue weighted by molar-refractivity contribution is 7.99. The average molecular weight is 225 g/mol. The van der Waals surface area contributed by atoms with Gasteiger partial charge in [-0.3, -0.25) is 14.9 Å². The second-order valence-electron chi connectivity index (χ2n) is 3.11. The molecule has 1 aromatic carbocycles. The smallest absolute Gasteiger partial charge is 0.273 e. The number of aryl methyl sites for hydroxylation is 1. The number of hydrogen-bond acceptors (Lipinski definition) is 4. The fourth-order valence-electron chi connectivity index (χ4n) is 1.19. The van der Waals surface area contributed by atoms with Gasteiger partial charge in [0, 0.05) is 17.2 Å². The Balaban J connectivity index is 3.07. The molecule has 0 N–H and O–H groups in total. The molecule has 0 atom stereocenters. The molecule has 4 nitrogen and oxygen atoms in total. The molecule has 0 amide bonds. The molecule has 0 bridgehead atoms. The molecule has 0 fully saturated rings. The van der Waals surface area contributed by atoms with Gasteiger partial charge in [-0.2, -0.15) is 11.8 Å². The van der Waals surface area contributed by atoms with Gasteiger partial charge in [-0.1, -0.05) is 12.1 Å². The Kier molecular flexibility index (Phi) is 3.85. The Labute approximate surface area is 91.8 Å². The minimum absolute atomic E-state index is 0.00181. The monoisotopic (exact) mass is 225 g/mol. The number of benzene rings is 1. The van der Waals surface area contributed by atoms with Crippen molar-refractivity contribution in [3.05, 3.63) is 39.4 Å². The number of carbonyl (C=O) groups is 1. The molecule has 0 aromatic heterocycles. The van der Waals surface area contributed by atoms with Crippen LogP contribution in [0, 0.1) is 17.0 Å². The lowest BCUT2D eigenvalue weighted by atomic mass is 10.1. The van der Waals surface area contributed by atoms with E-state index in [0.717, 1.165) is 0 Å². The lowest BCUT2D eigenvalue weighted by Crippen LogP contribution is -2.03. The van der Waals surface area contributed by atoms with Crippen LogP contribution in [0.25, 0.3) is 0 Å². The Bertz CT molecular complexity index is 404. The van der Waals surface area contributed by atoms with E-state index in [2.05, 4.69) is 0 Å². The number of nitrogens with zero attached hydrogens (tertiary/aromatic N) is 1. The topological polar surface area (TPSA) is 60.2 Å². The largest absolute Gasteiger partial charge is 0.293 e. The molecule has 0 spiro atoms. The lowest BCUT2D eigenvalue weighted by Gasteiger charge is -2.01. The van der Waals surface area contributed by atoms with Crippen LogP contribution in [0.1, 0.15) is 15.9 Å². The van der Waals surface area contributed by atoms with E-state index in [4.69, 9.17) is 0 Å². The molecule has 0 unspecified atom stereocenters. The normalized spacial score (nSPS) is 10.0. The summed E-state index contributed by atoms with van der Waals surface area (Å²) in [5.74, 6) is 0.269. The number of carbonyl (C=O) groups excluding carboxylic acids is 1. The number of nitro groups is 1. The maximum atomic E-state index is 11.5. The molecule has 0 aliphatic heterocycles. The predicted molar refractivity (Wildman–Crippen MR) is 60.5 cm³/mol. The standard InChI is InChI=1S/C10H11NO3S/c1-7-3-4-8(10(12)6-15-2)5-9(7)11(13)14/h3-5H,6H2,1-2H3. The van der Waals surface area contributed by atoms with E-state index in [1.807, 2.05) is 6.26 Å². The zero-order valence-electron chi connectivity index (χ0n) is 8.52. The van der Waals surface area contributed by atoms with E-state index in [1.54, 1.807) is 19.1 Å². The lowest BCUT2D eigenvalue weighted by molar-refractivity contribution is -0.385. The van der Waals surface area contributed by atoms with Crippen molar-refractivity contribution < 1.29 is 9.72 Å². The quantitative estimate of drug-likeness (QED) is 0.448. The SMILES string of the molecule is CSCC(=O)c1ccc(C)c([N+](=O)[O-])c1. The number of ketones is 1. The molecule has 0 saturated carbocycles. The van der Waals surface area contributed by atoms with E-state index in [0.29, 0.717) is 16.9 Å². The van der Waals surface area contributed by atoms with E-state index in [-0.39, 0.29) is 11.5 Å². The van der Waals surface area contributed by atoms with Crippen molar-refractivity contribution in [2.75, 3.05) is 12.0 Å². The van der Waals surface area contributed by atoms with Crippen LogP contribution in [-0.2, 0) is 0 Å². The maximum absolute atomic E-state index is 11.5. The number of hydrogen-bond donors (Lipinski definition) is 0. The van der Waals surface area contributed by atoms with E-state index >= 15 is 0 Å². The summed E-state index contributed by atoms with van der Waals surface area (Å²) in [5, 5.41) is 10.6. The molecule has 0 aliphatic carbocycles. The molecule has 80 valence electrons. The third-order valence-electron chi connectivity index (χ3n) is 2.00. The van der Waals surface area contributed by atoms with Crippen molar-refractivity contribution in [1.82, 2.24) is 0 Å². The first-order chi connectivity index (χ1) is 7.06.